The van der Waals surface area contributed by atoms with Crippen molar-refractivity contribution in [2.45, 2.75) is 35.6 Å². The predicted molar refractivity (Wildman–Crippen MR) is 105 cm³/mol. The number of hydrogen-bond donors (Lipinski definition) is 0. The Hall–Kier alpha value is -2.70. The zero-order valence-electron chi connectivity index (χ0n) is 16.9. The number of sulfonamides is 1. The van der Waals surface area contributed by atoms with Gasteiger partial charge in [-0.2, -0.15) is 22.5 Å². The first kappa shape index (κ1) is 22.5. The van der Waals surface area contributed by atoms with Crippen LogP contribution in [0.3, 0.4) is 0 Å². The second kappa shape index (κ2) is 8.34. The predicted octanol–water partition coefficient (Wildman–Crippen LogP) is 3.29. The maximum absolute atomic E-state index is 13.0. The third-order valence-electron chi connectivity index (χ3n) is 5.26. The van der Waals surface area contributed by atoms with Crippen LogP contribution in [-0.2, 0) is 26.5 Å². The molecule has 2 unspecified atom stereocenters. The molecular formula is C20H20F3N3O5S. The van der Waals surface area contributed by atoms with Crippen molar-refractivity contribution in [1.29, 1.82) is 0 Å². The molecule has 2 aromatic rings. The number of ether oxygens (including phenoxy) is 2. The number of nitrogens with zero attached hydrogens (tertiary/aromatic N) is 3. The number of rotatable bonds is 6. The van der Waals surface area contributed by atoms with Gasteiger partial charge < -0.3 is 14.0 Å². The quantitative estimate of drug-likeness (QED) is 0.638. The average molecular weight is 471 g/mol. The molecule has 1 aliphatic heterocycles. The molecule has 172 valence electrons. The molecule has 0 N–H and O–H groups in total. The lowest BCUT2D eigenvalue weighted by Crippen LogP contribution is -2.36. The Kier molecular flexibility index (Phi) is 5.86. The van der Waals surface area contributed by atoms with Gasteiger partial charge in [-0.3, -0.25) is 0 Å². The van der Waals surface area contributed by atoms with E-state index < -0.39 is 33.8 Å². The van der Waals surface area contributed by atoms with Crippen LogP contribution in [0.2, 0.25) is 0 Å². The fourth-order valence-corrected chi connectivity index (χ4v) is 5.11. The summed E-state index contributed by atoms with van der Waals surface area (Å²) in [6.07, 6.45) is 1.79. The number of hydrogen-bond acceptors (Lipinski definition) is 7. The molecule has 2 atom stereocenters. The average Bonchev–Trinajstić information content (AvgIpc) is 3.45. The topological polar surface area (TPSA) is 94.8 Å². The molecule has 0 bridgehead atoms. The van der Waals surface area contributed by atoms with Crippen molar-refractivity contribution in [2.24, 2.45) is 0 Å². The Morgan fingerprint density at radius 1 is 1.22 bits per heavy atom. The van der Waals surface area contributed by atoms with E-state index in [-0.39, 0.29) is 30.2 Å². The molecule has 0 radical (unpaired) electrons. The van der Waals surface area contributed by atoms with Crippen molar-refractivity contribution < 1.29 is 35.6 Å². The summed E-state index contributed by atoms with van der Waals surface area (Å²) in [4.78, 5) is 3.61. The Morgan fingerprint density at radius 3 is 2.56 bits per heavy atom. The first-order valence-corrected chi connectivity index (χ1v) is 11.2. The first-order chi connectivity index (χ1) is 15.1. The second-order valence-electron chi connectivity index (χ2n) is 7.37. The minimum absolute atomic E-state index is 0.0393. The molecule has 1 aromatic carbocycles. The molecule has 2 aliphatic rings. The summed E-state index contributed by atoms with van der Waals surface area (Å²) < 4.78 is 81.6. The van der Waals surface area contributed by atoms with Gasteiger partial charge in [-0.1, -0.05) is 23.4 Å². The smallest absolute Gasteiger partial charge is 0.471 e. The third-order valence-corrected chi connectivity index (χ3v) is 7.14. The van der Waals surface area contributed by atoms with Crippen LogP contribution in [0.5, 0.6) is 5.75 Å². The Balaban J connectivity index is 1.53. The van der Waals surface area contributed by atoms with Gasteiger partial charge in [0.05, 0.1) is 18.1 Å². The fraction of sp³-hybridized carbons (Fsp3) is 0.400. The van der Waals surface area contributed by atoms with Crippen molar-refractivity contribution >= 4 is 10.0 Å². The van der Waals surface area contributed by atoms with E-state index >= 15 is 0 Å². The van der Waals surface area contributed by atoms with E-state index in [2.05, 4.69) is 14.7 Å². The van der Waals surface area contributed by atoms with Crippen LogP contribution in [0.15, 0.2) is 58.0 Å². The molecule has 2 heterocycles. The highest BCUT2D eigenvalue weighted by molar-refractivity contribution is 7.89. The molecule has 12 heteroatoms. The number of alkyl halides is 3. The summed E-state index contributed by atoms with van der Waals surface area (Å²) in [6, 6.07) is 6.02. The highest BCUT2D eigenvalue weighted by atomic mass is 32.2. The van der Waals surface area contributed by atoms with Crippen molar-refractivity contribution in [3.05, 3.63) is 60.3 Å². The molecule has 0 amide bonds. The van der Waals surface area contributed by atoms with E-state index in [0.717, 1.165) is 0 Å². The zero-order valence-corrected chi connectivity index (χ0v) is 17.8. The molecule has 1 aliphatic carbocycles. The lowest BCUT2D eigenvalue weighted by atomic mass is 9.93. The van der Waals surface area contributed by atoms with Gasteiger partial charge in [-0.05, 0) is 36.8 Å². The van der Waals surface area contributed by atoms with Gasteiger partial charge in [0.15, 0.2) is 5.60 Å². The molecule has 32 heavy (non-hydrogen) atoms. The molecule has 1 aromatic heterocycles. The third kappa shape index (κ3) is 4.30. The normalized spacial score (nSPS) is 24.2. The molecule has 1 saturated heterocycles. The number of aromatic nitrogens is 2. The van der Waals surface area contributed by atoms with E-state index in [1.54, 1.807) is 36.4 Å². The SMILES string of the molecule is COc1ccc(S(=O)(=O)N2CCC(OC3(c4noc(C(F)(F)F)n4)C=CC=CC3)C2)cc1. The van der Waals surface area contributed by atoms with Crippen LogP contribution in [0, 0.1) is 0 Å². The van der Waals surface area contributed by atoms with Crippen LogP contribution in [0.1, 0.15) is 24.6 Å². The molecule has 0 spiro atoms. The van der Waals surface area contributed by atoms with Gasteiger partial charge in [0.25, 0.3) is 0 Å². The van der Waals surface area contributed by atoms with Gasteiger partial charge in [0.1, 0.15) is 5.75 Å². The second-order valence-corrected chi connectivity index (χ2v) is 9.31. The molecule has 8 nitrogen and oxygen atoms in total. The summed E-state index contributed by atoms with van der Waals surface area (Å²) in [6.45, 7) is 0.242. The Labute approximate surface area is 182 Å². The summed E-state index contributed by atoms with van der Waals surface area (Å²) >= 11 is 0. The lowest BCUT2D eigenvalue weighted by Gasteiger charge is -2.31. The van der Waals surface area contributed by atoms with Crippen molar-refractivity contribution in [3.63, 3.8) is 0 Å². The van der Waals surface area contributed by atoms with E-state index in [4.69, 9.17) is 9.47 Å². The van der Waals surface area contributed by atoms with Gasteiger partial charge in [0, 0.05) is 19.5 Å². The van der Waals surface area contributed by atoms with Crippen LogP contribution < -0.4 is 4.74 Å². The van der Waals surface area contributed by atoms with E-state index in [1.807, 2.05) is 0 Å². The van der Waals surface area contributed by atoms with Crippen LogP contribution in [-0.4, -0.2) is 49.2 Å². The van der Waals surface area contributed by atoms with E-state index in [0.29, 0.717) is 12.2 Å². The van der Waals surface area contributed by atoms with Crippen molar-refractivity contribution in [3.8, 4) is 5.75 Å². The number of benzene rings is 1. The minimum atomic E-state index is -4.78. The number of allylic oxidation sites excluding steroid dienone is 2. The van der Waals surface area contributed by atoms with Crippen LogP contribution in [0.25, 0.3) is 0 Å². The molecule has 0 saturated carbocycles. The largest absolute Gasteiger partial charge is 0.497 e. The standard InChI is InChI=1S/C20H20F3N3O5S/c1-29-14-5-7-16(8-6-14)32(27,28)26-12-9-15(13-26)30-19(10-3-2-4-11-19)17-24-18(31-25-17)20(21,22)23/h2-8,10,15H,9,11-13H2,1H3. The minimum Gasteiger partial charge on any atom is -0.497 e. The Bertz CT molecular complexity index is 1130. The fourth-order valence-electron chi connectivity index (χ4n) is 3.62. The van der Waals surface area contributed by atoms with Gasteiger partial charge in [-0.25, -0.2) is 8.42 Å². The number of methoxy groups -OCH3 is 1. The molecular weight excluding hydrogens is 451 g/mol. The monoisotopic (exact) mass is 471 g/mol. The highest BCUT2D eigenvalue weighted by Gasteiger charge is 2.45. The summed E-state index contributed by atoms with van der Waals surface area (Å²) in [7, 11) is -2.29. The summed E-state index contributed by atoms with van der Waals surface area (Å²) in [5.41, 5.74) is -1.38. The van der Waals surface area contributed by atoms with Crippen molar-refractivity contribution in [2.75, 3.05) is 20.2 Å². The van der Waals surface area contributed by atoms with E-state index in [9.17, 15) is 21.6 Å². The maximum Gasteiger partial charge on any atom is 0.471 e. The van der Waals surface area contributed by atoms with Gasteiger partial charge in [0.2, 0.25) is 15.8 Å². The molecule has 4 rings (SSSR count). The number of halogens is 3. The van der Waals surface area contributed by atoms with Gasteiger partial charge in [-0.15, -0.1) is 0 Å². The van der Waals surface area contributed by atoms with Crippen LogP contribution >= 0.6 is 0 Å². The summed E-state index contributed by atoms with van der Waals surface area (Å²) in [5.74, 6) is -1.19. The maximum atomic E-state index is 13.0. The van der Waals surface area contributed by atoms with Crippen LogP contribution in [0.4, 0.5) is 13.2 Å². The van der Waals surface area contributed by atoms with Gasteiger partial charge >= 0.3 is 12.1 Å². The summed E-state index contributed by atoms with van der Waals surface area (Å²) in [5, 5.41) is 3.49. The highest BCUT2D eigenvalue weighted by Crippen LogP contribution is 2.38. The first-order valence-electron chi connectivity index (χ1n) is 9.72. The van der Waals surface area contributed by atoms with E-state index in [1.165, 1.54) is 23.5 Å². The Morgan fingerprint density at radius 2 is 1.97 bits per heavy atom. The lowest BCUT2D eigenvalue weighted by molar-refractivity contribution is -0.159. The zero-order chi connectivity index (χ0) is 23.0. The molecule has 1 fully saturated rings. The van der Waals surface area contributed by atoms with Crippen molar-refractivity contribution in [1.82, 2.24) is 14.4 Å².